The minimum absolute atomic E-state index is 0.0181. The quantitative estimate of drug-likeness (QED) is 0.751. The number of thiophene rings is 1. The fourth-order valence-electron chi connectivity index (χ4n) is 1.56. The van der Waals surface area contributed by atoms with Gasteiger partial charge in [0.2, 0.25) is 0 Å². The number of alkyl halides is 3. The van der Waals surface area contributed by atoms with Gasteiger partial charge in [-0.25, -0.2) is 8.42 Å². The van der Waals surface area contributed by atoms with E-state index >= 15 is 0 Å². The molecule has 1 aromatic carbocycles. The third-order valence-electron chi connectivity index (χ3n) is 2.32. The highest BCUT2D eigenvalue weighted by Gasteiger charge is 2.32. The first-order valence-corrected chi connectivity index (χ1v) is 7.75. The maximum atomic E-state index is 12.5. The molecule has 1 aromatic heterocycles. The maximum Gasteiger partial charge on any atom is 0.416 e. The van der Waals surface area contributed by atoms with E-state index in [1.807, 2.05) is 0 Å². The Labute approximate surface area is 114 Å². The molecule has 0 amide bonds. The average Bonchev–Trinajstić information content (AvgIpc) is 2.64. The third kappa shape index (κ3) is 2.54. The van der Waals surface area contributed by atoms with Crippen molar-refractivity contribution in [2.75, 3.05) is 0 Å². The molecule has 2 rings (SSSR count). The smallest absolute Gasteiger partial charge is 0.207 e. The van der Waals surface area contributed by atoms with Crippen LogP contribution in [0.3, 0.4) is 0 Å². The molecule has 2 aromatic rings. The van der Waals surface area contributed by atoms with Crippen molar-refractivity contribution in [1.29, 1.82) is 5.26 Å². The van der Waals surface area contributed by atoms with Gasteiger partial charge in [-0.1, -0.05) is 6.07 Å². The molecule has 0 spiro atoms. The van der Waals surface area contributed by atoms with Gasteiger partial charge in [-0.3, -0.25) is 0 Å². The van der Waals surface area contributed by atoms with E-state index in [4.69, 9.17) is 15.9 Å². The van der Waals surface area contributed by atoms with Crippen LogP contribution in [0.2, 0.25) is 0 Å². The van der Waals surface area contributed by atoms with Crippen LogP contribution in [0.1, 0.15) is 10.4 Å². The summed E-state index contributed by atoms with van der Waals surface area (Å²) in [6.45, 7) is 0. The summed E-state index contributed by atoms with van der Waals surface area (Å²) in [5.41, 5.74) is -0.913. The molecule has 0 atom stereocenters. The van der Waals surface area contributed by atoms with Crippen LogP contribution in [0.5, 0.6) is 0 Å². The van der Waals surface area contributed by atoms with E-state index in [2.05, 4.69) is 0 Å². The summed E-state index contributed by atoms with van der Waals surface area (Å²) < 4.78 is 60.4. The summed E-state index contributed by atoms with van der Waals surface area (Å²) in [5.74, 6) is 0. The fraction of sp³-hybridized carbons (Fsp3) is 0.100. The van der Waals surface area contributed by atoms with Gasteiger partial charge in [-0.15, -0.1) is 11.3 Å². The molecule has 3 nitrogen and oxygen atoms in total. The monoisotopic (exact) mass is 325 g/mol. The van der Waals surface area contributed by atoms with E-state index in [9.17, 15) is 21.6 Å². The summed E-state index contributed by atoms with van der Waals surface area (Å²) in [5, 5.41) is 8.85. The molecule has 1 heterocycles. The lowest BCUT2D eigenvalue weighted by atomic mass is 10.1. The van der Waals surface area contributed by atoms with Crippen molar-refractivity contribution < 1.29 is 21.6 Å². The van der Waals surface area contributed by atoms with Gasteiger partial charge < -0.3 is 0 Å². The van der Waals surface area contributed by atoms with Crippen molar-refractivity contribution in [1.82, 2.24) is 0 Å². The molecule has 0 aliphatic rings. The molecule has 0 aliphatic carbocycles. The van der Waals surface area contributed by atoms with E-state index in [0.29, 0.717) is 11.3 Å². The second kappa shape index (κ2) is 4.37. The summed E-state index contributed by atoms with van der Waals surface area (Å²) in [6, 6.07) is 4.18. The topological polar surface area (TPSA) is 57.9 Å². The minimum Gasteiger partial charge on any atom is -0.207 e. The number of halogens is 4. The molecule has 0 N–H and O–H groups in total. The Kier molecular flexibility index (Phi) is 3.24. The predicted octanol–water partition coefficient (Wildman–Crippen LogP) is 3.72. The van der Waals surface area contributed by atoms with Crippen molar-refractivity contribution in [2.24, 2.45) is 0 Å². The predicted molar refractivity (Wildman–Crippen MR) is 64.6 cm³/mol. The molecular formula is C10H3ClF3NO2S2. The van der Waals surface area contributed by atoms with Crippen molar-refractivity contribution in [3.63, 3.8) is 0 Å². The van der Waals surface area contributed by atoms with Gasteiger partial charge in [0.25, 0.3) is 9.05 Å². The molecule has 0 unspecified atom stereocenters. The molecule has 100 valence electrons. The molecule has 0 saturated carbocycles. The van der Waals surface area contributed by atoms with Crippen molar-refractivity contribution >= 4 is 41.2 Å². The summed E-state index contributed by atoms with van der Waals surface area (Å²) in [7, 11) is 1.000. The van der Waals surface area contributed by atoms with Crippen LogP contribution >= 0.6 is 22.0 Å². The first-order chi connectivity index (χ1) is 8.64. The lowest BCUT2D eigenvalue weighted by Gasteiger charge is -2.05. The molecule has 19 heavy (non-hydrogen) atoms. The van der Waals surface area contributed by atoms with Gasteiger partial charge >= 0.3 is 6.18 Å². The Balaban J connectivity index is 2.84. The van der Waals surface area contributed by atoms with Gasteiger partial charge in [-0.05, 0) is 12.1 Å². The van der Waals surface area contributed by atoms with E-state index in [1.54, 1.807) is 6.07 Å². The zero-order chi connectivity index (χ0) is 14.4. The Morgan fingerprint density at radius 2 is 1.95 bits per heavy atom. The number of hydrogen-bond donors (Lipinski definition) is 0. The number of fused-ring (bicyclic) bond motifs is 1. The van der Waals surface area contributed by atoms with Gasteiger partial charge in [0, 0.05) is 20.8 Å². The number of nitrogens with zero attached hydrogens (tertiary/aromatic N) is 1. The Morgan fingerprint density at radius 3 is 2.42 bits per heavy atom. The van der Waals surface area contributed by atoms with E-state index in [1.165, 1.54) is 0 Å². The lowest BCUT2D eigenvalue weighted by molar-refractivity contribution is -0.137. The third-order valence-corrected chi connectivity index (χ3v) is 4.88. The van der Waals surface area contributed by atoms with Crippen LogP contribution in [-0.4, -0.2) is 8.42 Å². The lowest BCUT2D eigenvalue weighted by Crippen LogP contribution is -2.03. The maximum absolute atomic E-state index is 12.5. The second-order valence-electron chi connectivity index (χ2n) is 3.52. The SMILES string of the molecule is N#Cc1sc2cc(C(F)(F)F)ccc2c1S(=O)(=O)Cl. The Bertz CT molecular complexity index is 803. The molecule has 0 radical (unpaired) electrons. The average molecular weight is 326 g/mol. The van der Waals surface area contributed by atoms with Gasteiger partial charge in [-0.2, -0.15) is 18.4 Å². The van der Waals surface area contributed by atoms with E-state index in [-0.39, 0.29) is 15.0 Å². The van der Waals surface area contributed by atoms with Crippen LogP contribution in [0.15, 0.2) is 23.1 Å². The molecule has 0 aliphatic heterocycles. The van der Waals surface area contributed by atoms with Gasteiger partial charge in [0.15, 0.2) is 0 Å². The zero-order valence-corrected chi connectivity index (χ0v) is 11.2. The van der Waals surface area contributed by atoms with Crippen LogP contribution < -0.4 is 0 Å². The second-order valence-corrected chi connectivity index (χ2v) is 7.07. The van der Waals surface area contributed by atoms with Crippen molar-refractivity contribution in [3.05, 3.63) is 28.6 Å². The highest BCUT2D eigenvalue weighted by molar-refractivity contribution is 8.14. The minimum atomic E-state index is -4.54. The van der Waals surface area contributed by atoms with E-state index in [0.717, 1.165) is 18.2 Å². The Hall–Kier alpha value is -1.30. The molecular weight excluding hydrogens is 323 g/mol. The number of nitriles is 1. The number of benzene rings is 1. The first kappa shape index (κ1) is 14.1. The first-order valence-electron chi connectivity index (χ1n) is 4.63. The zero-order valence-electron chi connectivity index (χ0n) is 8.82. The molecule has 0 bridgehead atoms. The van der Waals surface area contributed by atoms with Crippen LogP contribution in [0.4, 0.5) is 13.2 Å². The van der Waals surface area contributed by atoms with E-state index < -0.39 is 25.7 Å². The number of hydrogen-bond acceptors (Lipinski definition) is 4. The van der Waals surface area contributed by atoms with Crippen LogP contribution in [0.25, 0.3) is 10.1 Å². The standard InChI is InChI=1S/C10H3ClF3NO2S2/c11-19(16,17)9-6-2-1-5(10(12,13)14)3-7(6)18-8(9)4-15/h1-3H. The number of rotatable bonds is 1. The summed E-state index contributed by atoms with van der Waals surface area (Å²) >= 11 is 0.656. The largest absolute Gasteiger partial charge is 0.416 e. The summed E-state index contributed by atoms with van der Waals surface area (Å²) in [6.07, 6.45) is -4.54. The highest BCUT2D eigenvalue weighted by Crippen LogP contribution is 2.39. The summed E-state index contributed by atoms with van der Waals surface area (Å²) in [4.78, 5) is -0.672. The van der Waals surface area contributed by atoms with Crippen LogP contribution in [-0.2, 0) is 15.2 Å². The Morgan fingerprint density at radius 1 is 1.32 bits per heavy atom. The molecule has 9 heteroatoms. The molecule has 0 saturated heterocycles. The normalized spacial score (nSPS) is 12.6. The van der Waals surface area contributed by atoms with Gasteiger partial charge in [0.05, 0.1) is 5.56 Å². The fourth-order valence-corrected chi connectivity index (χ4v) is 4.34. The van der Waals surface area contributed by atoms with Crippen LogP contribution in [0, 0.1) is 11.3 Å². The van der Waals surface area contributed by atoms with Gasteiger partial charge in [0.1, 0.15) is 15.8 Å². The van der Waals surface area contributed by atoms with Crippen molar-refractivity contribution in [2.45, 2.75) is 11.1 Å². The van der Waals surface area contributed by atoms with Crippen molar-refractivity contribution in [3.8, 4) is 6.07 Å². The highest BCUT2D eigenvalue weighted by atomic mass is 35.7. The molecule has 0 fully saturated rings.